The van der Waals surface area contributed by atoms with E-state index < -0.39 is 0 Å². The summed E-state index contributed by atoms with van der Waals surface area (Å²) in [5, 5.41) is 0. The first-order chi connectivity index (χ1) is 8.11. The van der Waals surface area contributed by atoms with Gasteiger partial charge in [0.15, 0.2) is 0 Å². The molecule has 94 valence electrons. The average molecular weight is 272 g/mol. The van der Waals surface area contributed by atoms with Gasteiger partial charge >= 0.3 is 0 Å². The van der Waals surface area contributed by atoms with Gasteiger partial charge in [0.05, 0.1) is 24.0 Å². The van der Waals surface area contributed by atoms with Crippen LogP contribution in [0.25, 0.3) is 0 Å². The molecular formula is C12H18ClN3S. The van der Waals surface area contributed by atoms with E-state index in [2.05, 4.69) is 28.7 Å². The van der Waals surface area contributed by atoms with Gasteiger partial charge < -0.3 is 4.90 Å². The maximum absolute atomic E-state index is 5.71. The lowest BCUT2D eigenvalue weighted by Crippen LogP contribution is -2.27. The van der Waals surface area contributed by atoms with E-state index in [1.807, 2.05) is 18.0 Å². The fourth-order valence-electron chi connectivity index (χ4n) is 1.83. The zero-order valence-electron chi connectivity index (χ0n) is 10.3. The van der Waals surface area contributed by atoms with Gasteiger partial charge in [-0.15, -0.1) is 11.6 Å². The Balaban J connectivity index is 2.06. The number of nitrogens with zero attached hydrogens (tertiary/aromatic N) is 3. The summed E-state index contributed by atoms with van der Waals surface area (Å²) in [5.41, 5.74) is 0.833. The minimum atomic E-state index is 0.373. The van der Waals surface area contributed by atoms with Crippen molar-refractivity contribution in [3.63, 3.8) is 0 Å². The van der Waals surface area contributed by atoms with Crippen LogP contribution in [0.1, 0.15) is 26.0 Å². The van der Waals surface area contributed by atoms with E-state index in [0.717, 1.165) is 30.4 Å². The maximum Gasteiger partial charge on any atom is 0.147 e. The minimum Gasteiger partial charge on any atom is -0.354 e. The zero-order chi connectivity index (χ0) is 12.3. The minimum absolute atomic E-state index is 0.373. The van der Waals surface area contributed by atoms with Crippen LogP contribution >= 0.6 is 23.4 Å². The molecule has 1 aromatic heterocycles. The van der Waals surface area contributed by atoms with Crippen molar-refractivity contribution in [2.45, 2.75) is 30.9 Å². The van der Waals surface area contributed by atoms with Gasteiger partial charge in [0.25, 0.3) is 0 Å². The molecule has 1 aliphatic rings. The molecule has 2 rings (SSSR count). The van der Waals surface area contributed by atoms with E-state index in [1.54, 1.807) is 6.20 Å². The fraction of sp³-hybridized carbons (Fsp3) is 0.667. The molecule has 0 radical (unpaired) electrons. The molecule has 17 heavy (non-hydrogen) atoms. The first-order valence-electron chi connectivity index (χ1n) is 5.86. The molecule has 0 aromatic carbocycles. The summed E-state index contributed by atoms with van der Waals surface area (Å²) < 4.78 is 0.373. The highest BCUT2D eigenvalue weighted by atomic mass is 35.5. The van der Waals surface area contributed by atoms with Gasteiger partial charge in [-0.05, 0) is 6.42 Å². The summed E-state index contributed by atoms with van der Waals surface area (Å²) in [6.45, 7) is 6.71. The van der Waals surface area contributed by atoms with Crippen LogP contribution < -0.4 is 4.90 Å². The van der Waals surface area contributed by atoms with Crippen LogP contribution in [-0.4, -0.2) is 33.6 Å². The van der Waals surface area contributed by atoms with Gasteiger partial charge in [-0.3, -0.25) is 4.98 Å². The summed E-state index contributed by atoms with van der Waals surface area (Å²) in [6.07, 6.45) is 4.78. The Morgan fingerprint density at radius 2 is 2.18 bits per heavy atom. The number of thioether (sulfide) groups is 1. The Labute approximate surface area is 112 Å². The van der Waals surface area contributed by atoms with Crippen molar-refractivity contribution in [2.24, 2.45) is 0 Å². The second kappa shape index (κ2) is 5.44. The molecule has 3 nitrogen and oxygen atoms in total. The van der Waals surface area contributed by atoms with E-state index >= 15 is 0 Å². The van der Waals surface area contributed by atoms with Crippen molar-refractivity contribution < 1.29 is 0 Å². The molecule has 1 aromatic rings. The summed E-state index contributed by atoms with van der Waals surface area (Å²) in [5.74, 6) is 2.54. The summed E-state index contributed by atoms with van der Waals surface area (Å²) in [7, 11) is 0. The quantitative estimate of drug-likeness (QED) is 0.774. The summed E-state index contributed by atoms with van der Waals surface area (Å²) in [6, 6.07) is 0. The van der Waals surface area contributed by atoms with Crippen molar-refractivity contribution in [3.05, 3.63) is 18.1 Å². The van der Waals surface area contributed by atoms with Gasteiger partial charge in [0, 0.05) is 23.6 Å². The number of rotatable bonds is 2. The van der Waals surface area contributed by atoms with Crippen molar-refractivity contribution in [2.75, 3.05) is 23.7 Å². The van der Waals surface area contributed by atoms with Crippen LogP contribution in [0.3, 0.4) is 0 Å². The van der Waals surface area contributed by atoms with Crippen molar-refractivity contribution in [1.82, 2.24) is 9.97 Å². The predicted molar refractivity (Wildman–Crippen MR) is 75.0 cm³/mol. The fourth-order valence-corrected chi connectivity index (χ4v) is 3.07. The van der Waals surface area contributed by atoms with Gasteiger partial charge in [-0.25, -0.2) is 4.98 Å². The third-order valence-electron chi connectivity index (χ3n) is 2.99. The van der Waals surface area contributed by atoms with E-state index in [-0.39, 0.29) is 0 Å². The molecule has 0 unspecified atom stereocenters. The molecule has 0 aliphatic carbocycles. The van der Waals surface area contributed by atoms with Crippen LogP contribution in [0.2, 0.25) is 0 Å². The molecule has 0 spiro atoms. The van der Waals surface area contributed by atoms with Crippen molar-refractivity contribution >= 4 is 29.2 Å². The van der Waals surface area contributed by atoms with Gasteiger partial charge in [0.1, 0.15) is 5.82 Å². The molecule has 2 heterocycles. The predicted octanol–water partition coefficient (Wildman–Crippen LogP) is 2.94. The topological polar surface area (TPSA) is 29.0 Å². The van der Waals surface area contributed by atoms with Crippen LogP contribution in [-0.2, 0) is 5.88 Å². The maximum atomic E-state index is 5.71. The summed E-state index contributed by atoms with van der Waals surface area (Å²) >= 11 is 7.75. The molecule has 0 N–H and O–H groups in total. The smallest absolute Gasteiger partial charge is 0.147 e. The number of halogens is 1. The number of hydrogen-bond acceptors (Lipinski definition) is 4. The Morgan fingerprint density at radius 3 is 2.82 bits per heavy atom. The third-order valence-corrected chi connectivity index (χ3v) is 4.64. The number of aromatic nitrogens is 2. The molecule has 0 saturated carbocycles. The van der Waals surface area contributed by atoms with E-state index in [0.29, 0.717) is 10.6 Å². The van der Waals surface area contributed by atoms with E-state index in [4.69, 9.17) is 11.6 Å². The molecule has 0 bridgehead atoms. The van der Waals surface area contributed by atoms with Gasteiger partial charge in [0.2, 0.25) is 0 Å². The first-order valence-corrected chi connectivity index (χ1v) is 7.38. The number of hydrogen-bond donors (Lipinski definition) is 0. The van der Waals surface area contributed by atoms with E-state index in [9.17, 15) is 0 Å². The molecule has 5 heteroatoms. The highest BCUT2D eigenvalue weighted by Gasteiger charge is 2.24. The summed E-state index contributed by atoms with van der Waals surface area (Å²) in [4.78, 5) is 11.0. The van der Waals surface area contributed by atoms with Gasteiger partial charge in [-0.2, -0.15) is 11.8 Å². The molecule has 0 amide bonds. The Hall–Kier alpha value is -0.480. The lowest BCUT2D eigenvalue weighted by molar-refractivity contribution is 0.634. The normalized spacial score (nSPS) is 20.1. The largest absolute Gasteiger partial charge is 0.354 e. The second-order valence-electron chi connectivity index (χ2n) is 4.84. The molecule has 0 atom stereocenters. The SMILES string of the molecule is CC1(C)CCN(c2cnc(CCl)cn2)CCS1. The van der Waals surface area contributed by atoms with Crippen LogP contribution in [0.15, 0.2) is 12.4 Å². The highest BCUT2D eigenvalue weighted by Crippen LogP contribution is 2.31. The monoisotopic (exact) mass is 271 g/mol. The average Bonchev–Trinajstić information content (AvgIpc) is 2.50. The van der Waals surface area contributed by atoms with Crippen molar-refractivity contribution in [3.8, 4) is 0 Å². The Bertz CT molecular complexity index is 367. The van der Waals surface area contributed by atoms with E-state index in [1.165, 1.54) is 6.42 Å². The van der Waals surface area contributed by atoms with Crippen LogP contribution in [0, 0.1) is 0 Å². The zero-order valence-corrected chi connectivity index (χ0v) is 11.9. The standard InChI is InChI=1S/C12H18ClN3S/c1-12(2)3-4-16(5-6-17-12)11-9-14-10(7-13)8-15-11/h8-9H,3-7H2,1-2H3. The lowest BCUT2D eigenvalue weighted by Gasteiger charge is -2.23. The Morgan fingerprint density at radius 1 is 1.35 bits per heavy atom. The van der Waals surface area contributed by atoms with Crippen LogP contribution in [0.4, 0.5) is 5.82 Å². The molecule has 1 fully saturated rings. The molecule has 1 saturated heterocycles. The van der Waals surface area contributed by atoms with Crippen molar-refractivity contribution in [1.29, 1.82) is 0 Å². The first kappa shape index (κ1) is 13.0. The van der Waals surface area contributed by atoms with Crippen LogP contribution in [0.5, 0.6) is 0 Å². The lowest BCUT2D eigenvalue weighted by atomic mass is 10.1. The molecular weight excluding hydrogens is 254 g/mol. The second-order valence-corrected chi connectivity index (χ2v) is 6.91. The Kier molecular flexibility index (Phi) is 4.15. The highest BCUT2D eigenvalue weighted by molar-refractivity contribution is 8.00. The molecule has 1 aliphatic heterocycles. The van der Waals surface area contributed by atoms with Gasteiger partial charge in [-0.1, -0.05) is 13.8 Å². The number of anilines is 1. The third kappa shape index (κ3) is 3.49. The number of alkyl halides is 1.